The van der Waals surface area contributed by atoms with E-state index in [1.165, 1.54) is 4.88 Å². The summed E-state index contributed by atoms with van der Waals surface area (Å²) in [6, 6.07) is 6.17. The van der Waals surface area contributed by atoms with Gasteiger partial charge in [-0.3, -0.25) is 4.79 Å². The minimum atomic E-state index is 0.303. The highest BCUT2D eigenvalue weighted by molar-refractivity contribution is 7.15. The van der Waals surface area contributed by atoms with Crippen molar-refractivity contribution in [3.8, 4) is 10.4 Å². The lowest BCUT2D eigenvalue weighted by Gasteiger charge is -2.01. The molecule has 3 heteroatoms. The van der Waals surface area contributed by atoms with Crippen LogP contribution < -0.4 is 0 Å². The first-order chi connectivity index (χ1) is 8.33. The predicted octanol–water partition coefficient (Wildman–Crippen LogP) is 5.24. The summed E-state index contributed by atoms with van der Waals surface area (Å²) in [6.45, 7) is 2.16. The van der Waals surface area contributed by atoms with Crippen molar-refractivity contribution in [1.82, 2.24) is 0 Å². The lowest BCUT2D eigenvalue weighted by molar-refractivity contribution is 0.0984. The molecule has 0 fully saturated rings. The number of carbonyl (C=O) groups is 1. The number of Topliss-reactive ketones (excluding diaryl/α,β-unsaturated/α-hetero) is 1. The van der Waals surface area contributed by atoms with Crippen LogP contribution in [0.1, 0.15) is 42.3 Å². The zero-order valence-corrected chi connectivity index (χ0v) is 11.6. The molecule has 0 N–H and O–H groups in total. The summed E-state index contributed by atoms with van der Waals surface area (Å²) >= 11 is 3.27. The van der Waals surface area contributed by atoms with Gasteiger partial charge in [-0.15, -0.1) is 22.7 Å². The van der Waals surface area contributed by atoms with Crippen molar-refractivity contribution in [2.75, 3.05) is 0 Å². The Morgan fingerprint density at radius 2 is 2.06 bits per heavy atom. The second-order valence-electron chi connectivity index (χ2n) is 4.02. The van der Waals surface area contributed by atoms with Gasteiger partial charge >= 0.3 is 0 Å². The van der Waals surface area contributed by atoms with Crippen molar-refractivity contribution >= 4 is 28.5 Å². The molecule has 17 heavy (non-hydrogen) atoms. The maximum Gasteiger partial charge on any atom is 0.173 e. The summed E-state index contributed by atoms with van der Waals surface area (Å²) in [5.41, 5.74) is 1.12. The van der Waals surface area contributed by atoms with Gasteiger partial charge in [-0.25, -0.2) is 0 Å². The molecule has 0 aromatic carbocycles. The van der Waals surface area contributed by atoms with Crippen LogP contribution in [0.25, 0.3) is 10.4 Å². The van der Waals surface area contributed by atoms with Gasteiger partial charge in [-0.1, -0.05) is 25.8 Å². The van der Waals surface area contributed by atoms with Crippen LogP contribution in [-0.2, 0) is 0 Å². The van der Waals surface area contributed by atoms with Gasteiger partial charge in [-0.05, 0) is 29.3 Å². The van der Waals surface area contributed by atoms with Crippen LogP contribution in [0.3, 0.4) is 0 Å². The fourth-order valence-electron chi connectivity index (χ4n) is 1.80. The average molecular weight is 264 g/mol. The Morgan fingerprint density at radius 1 is 1.18 bits per heavy atom. The molecule has 2 rings (SSSR count). The number of hydrogen-bond donors (Lipinski definition) is 0. The Labute approximate surface area is 110 Å². The quantitative estimate of drug-likeness (QED) is 0.515. The minimum absolute atomic E-state index is 0.303. The fourth-order valence-corrected chi connectivity index (χ4v) is 3.50. The third-order valence-corrected chi connectivity index (χ3v) is 4.57. The molecule has 0 atom stereocenters. The molecular formula is C14H16OS2. The Balaban J connectivity index is 2.11. The topological polar surface area (TPSA) is 17.1 Å². The van der Waals surface area contributed by atoms with E-state index in [1.807, 2.05) is 11.4 Å². The molecule has 90 valence electrons. The second-order valence-corrected chi connectivity index (χ2v) is 5.88. The van der Waals surface area contributed by atoms with Gasteiger partial charge in [0.2, 0.25) is 0 Å². The van der Waals surface area contributed by atoms with E-state index in [0.29, 0.717) is 12.2 Å². The first kappa shape index (κ1) is 12.5. The molecule has 0 aliphatic carbocycles. The van der Waals surface area contributed by atoms with E-state index in [2.05, 4.69) is 24.4 Å². The lowest BCUT2D eigenvalue weighted by Crippen LogP contribution is -1.97. The molecule has 0 saturated heterocycles. The number of carbonyl (C=O) groups excluding carboxylic acids is 1. The van der Waals surface area contributed by atoms with Gasteiger partial charge in [-0.2, -0.15) is 0 Å². The van der Waals surface area contributed by atoms with Crippen molar-refractivity contribution in [2.24, 2.45) is 0 Å². The summed E-state index contributed by atoms with van der Waals surface area (Å²) in [5.74, 6) is 0.303. The molecule has 0 aliphatic heterocycles. The molecule has 0 aliphatic rings. The summed E-state index contributed by atoms with van der Waals surface area (Å²) in [4.78, 5) is 14.2. The first-order valence-electron chi connectivity index (χ1n) is 5.97. The molecule has 0 spiro atoms. The lowest BCUT2D eigenvalue weighted by atomic mass is 10.1. The number of ketones is 1. The zero-order chi connectivity index (χ0) is 12.1. The maximum atomic E-state index is 12.1. The van der Waals surface area contributed by atoms with E-state index in [-0.39, 0.29) is 0 Å². The summed E-state index contributed by atoms with van der Waals surface area (Å²) in [6.07, 6.45) is 4.00. The Kier molecular flexibility index (Phi) is 4.51. The Hall–Kier alpha value is -0.930. The molecule has 0 bridgehead atoms. The highest BCUT2D eigenvalue weighted by Crippen LogP contribution is 2.32. The molecule has 2 heterocycles. The van der Waals surface area contributed by atoms with Crippen LogP contribution in [-0.4, -0.2) is 5.78 Å². The largest absolute Gasteiger partial charge is 0.293 e. The SMILES string of the molecule is CCCCCC(=O)c1sccc1-c1cccs1. The van der Waals surface area contributed by atoms with E-state index in [0.717, 1.165) is 29.7 Å². The second kappa shape index (κ2) is 6.12. The molecule has 0 unspecified atom stereocenters. The van der Waals surface area contributed by atoms with Crippen LogP contribution >= 0.6 is 22.7 Å². The van der Waals surface area contributed by atoms with Crippen molar-refractivity contribution in [1.29, 1.82) is 0 Å². The van der Waals surface area contributed by atoms with Crippen molar-refractivity contribution < 1.29 is 4.79 Å². The summed E-state index contributed by atoms with van der Waals surface area (Å²) in [7, 11) is 0. The van der Waals surface area contributed by atoms with Gasteiger partial charge in [0.05, 0.1) is 4.88 Å². The van der Waals surface area contributed by atoms with E-state index in [4.69, 9.17) is 0 Å². The highest BCUT2D eigenvalue weighted by Gasteiger charge is 2.14. The van der Waals surface area contributed by atoms with Gasteiger partial charge in [0.1, 0.15) is 0 Å². The monoisotopic (exact) mass is 264 g/mol. The third-order valence-electron chi connectivity index (χ3n) is 2.71. The highest BCUT2D eigenvalue weighted by atomic mass is 32.1. The van der Waals surface area contributed by atoms with Crippen LogP contribution in [0.15, 0.2) is 29.0 Å². The Morgan fingerprint density at radius 3 is 2.76 bits per heavy atom. The fraction of sp³-hybridized carbons (Fsp3) is 0.357. The number of hydrogen-bond acceptors (Lipinski definition) is 3. The van der Waals surface area contributed by atoms with Gasteiger partial charge in [0, 0.05) is 16.9 Å². The number of rotatable bonds is 6. The molecule has 2 aromatic heterocycles. The number of thiophene rings is 2. The van der Waals surface area contributed by atoms with Gasteiger partial charge in [0.15, 0.2) is 5.78 Å². The van der Waals surface area contributed by atoms with Crippen LogP contribution in [0, 0.1) is 0 Å². The first-order valence-corrected chi connectivity index (χ1v) is 7.73. The van der Waals surface area contributed by atoms with Crippen LogP contribution in [0.4, 0.5) is 0 Å². The van der Waals surface area contributed by atoms with E-state index in [9.17, 15) is 4.79 Å². The normalized spacial score (nSPS) is 10.6. The molecule has 0 saturated carbocycles. The average Bonchev–Trinajstić information content (AvgIpc) is 2.99. The van der Waals surface area contributed by atoms with E-state index in [1.54, 1.807) is 22.7 Å². The Bertz CT molecular complexity index is 468. The van der Waals surface area contributed by atoms with E-state index >= 15 is 0 Å². The van der Waals surface area contributed by atoms with Crippen molar-refractivity contribution in [3.05, 3.63) is 33.8 Å². The van der Waals surface area contributed by atoms with Crippen molar-refractivity contribution in [2.45, 2.75) is 32.6 Å². The third kappa shape index (κ3) is 3.05. The molecular weight excluding hydrogens is 248 g/mol. The summed E-state index contributed by atoms with van der Waals surface area (Å²) < 4.78 is 0. The molecule has 0 radical (unpaired) electrons. The van der Waals surface area contributed by atoms with Gasteiger partial charge in [0.25, 0.3) is 0 Å². The standard InChI is InChI=1S/C14H16OS2/c1-2-3-4-6-12(15)14-11(8-10-17-14)13-7-5-9-16-13/h5,7-10H,2-4,6H2,1H3. The minimum Gasteiger partial charge on any atom is -0.293 e. The number of unbranched alkanes of at least 4 members (excludes halogenated alkanes) is 2. The zero-order valence-electron chi connectivity index (χ0n) is 9.94. The van der Waals surface area contributed by atoms with Crippen LogP contribution in [0.2, 0.25) is 0 Å². The van der Waals surface area contributed by atoms with Gasteiger partial charge < -0.3 is 0 Å². The van der Waals surface area contributed by atoms with E-state index < -0.39 is 0 Å². The van der Waals surface area contributed by atoms with Crippen LogP contribution in [0.5, 0.6) is 0 Å². The smallest absolute Gasteiger partial charge is 0.173 e. The predicted molar refractivity (Wildman–Crippen MR) is 76.1 cm³/mol. The molecule has 1 nitrogen and oxygen atoms in total. The maximum absolute atomic E-state index is 12.1. The molecule has 2 aromatic rings. The molecule has 0 amide bonds. The summed E-state index contributed by atoms with van der Waals surface area (Å²) in [5, 5.41) is 4.07. The van der Waals surface area contributed by atoms with Crippen molar-refractivity contribution in [3.63, 3.8) is 0 Å².